The zero-order valence-electron chi connectivity index (χ0n) is 17.6. The van der Waals surface area contributed by atoms with Gasteiger partial charge >= 0.3 is 0 Å². The standard InChI is InChI=1S/C25H23N3O3/c1-29-20-12-8-18(9-13-20)5-4-17-6-10-19(11-7-17)28-25-21-14-23(30-2)24(31-3)15-22(21)26-16-27-25/h4-16H,1-3H3,(H,26,27,28)/b5-4+. The van der Waals surface area contributed by atoms with Crippen molar-refractivity contribution in [3.63, 3.8) is 0 Å². The van der Waals surface area contributed by atoms with Crippen LogP contribution in [0.15, 0.2) is 67.0 Å². The highest BCUT2D eigenvalue weighted by atomic mass is 16.5. The molecule has 156 valence electrons. The number of rotatable bonds is 7. The zero-order valence-corrected chi connectivity index (χ0v) is 17.6. The van der Waals surface area contributed by atoms with Gasteiger partial charge in [0.25, 0.3) is 0 Å². The van der Waals surface area contributed by atoms with E-state index >= 15 is 0 Å². The molecule has 4 aromatic rings. The van der Waals surface area contributed by atoms with Gasteiger partial charge in [0.15, 0.2) is 11.5 Å². The van der Waals surface area contributed by atoms with Crippen molar-refractivity contribution in [2.24, 2.45) is 0 Å². The van der Waals surface area contributed by atoms with Crippen LogP contribution in [-0.4, -0.2) is 31.3 Å². The Balaban J connectivity index is 1.53. The Kier molecular flexibility index (Phi) is 5.98. The maximum atomic E-state index is 5.42. The Morgan fingerprint density at radius 3 is 1.94 bits per heavy atom. The Bertz CT molecular complexity index is 1200. The largest absolute Gasteiger partial charge is 0.497 e. The molecule has 6 heteroatoms. The Labute approximate surface area is 181 Å². The van der Waals surface area contributed by atoms with Crippen LogP contribution in [0.4, 0.5) is 11.5 Å². The molecule has 3 aromatic carbocycles. The van der Waals surface area contributed by atoms with Gasteiger partial charge in [-0.3, -0.25) is 0 Å². The van der Waals surface area contributed by atoms with Crippen molar-refractivity contribution >= 4 is 34.6 Å². The summed E-state index contributed by atoms with van der Waals surface area (Å²) in [4.78, 5) is 8.74. The topological polar surface area (TPSA) is 65.5 Å². The fourth-order valence-electron chi connectivity index (χ4n) is 3.20. The van der Waals surface area contributed by atoms with Crippen LogP contribution >= 0.6 is 0 Å². The molecule has 0 saturated carbocycles. The molecule has 0 aliphatic carbocycles. The smallest absolute Gasteiger partial charge is 0.162 e. The van der Waals surface area contributed by atoms with E-state index in [1.54, 1.807) is 21.3 Å². The first-order valence-corrected chi connectivity index (χ1v) is 9.76. The molecule has 0 unspecified atom stereocenters. The van der Waals surface area contributed by atoms with Crippen LogP contribution in [0.1, 0.15) is 11.1 Å². The summed E-state index contributed by atoms with van der Waals surface area (Å²) < 4.78 is 16.0. The van der Waals surface area contributed by atoms with Crippen molar-refractivity contribution in [2.75, 3.05) is 26.6 Å². The van der Waals surface area contributed by atoms with Crippen LogP contribution in [-0.2, 0) is 0 Å². The van der Waals surface area contributed by atoms with Crippen LogP contribution in [0.3, 0.4) is 0 Å². The number of nitrogens with zero attached hydrogens (tertiary/aromatic N) is 2. The van der Waals surface area contributed by atoms with Gasteiger partial charge in [-0.25, -0.2) is 9.97 Å². The molecule has 0 fully saturated rings. The molecule has 0 radical (unpaired) electrons. The van der Waals surface area contributed by atoms with Crippen molar-refractivity contribution in [1.82, 2.24) is 9.97 Å². The van der Waals surface area contributed by atoms with E-state index in [1.807, 2.05) is 48.5 Å². The van der Waals surface area contributed by atoms with Gasteiger partial charge in [0.05, 0.1) is 26.8 Å². The summed E-state index contributed by atoms with van der Waals surface area (Å²) in [5.74, 6) is 2.81. The zero-order chi connectivity index (χ0) is 21.6. The van der Waals surface area contributed by atoms with Crippen molar-refractivity contribution in [1.29, 1.82) is 0 Å². The molecule has 1 N–H and O–H groups in total. The average molecular weight is 413 g/mol. The highest BCUT2D eigenvalue weighted by molar-refractivity contribution is 5.93. The quantitative estimate of drug-likeness (QED) is 0.400. The Morgan fingerprint density at radius 2 is 1.32 bits per heavy atom. The third-order valence-electron chi connectivity index (χ3n) is 4.90. The number of fused-ring (bicyclic) bond motifs is 1. The van der Waals surface area contributed by atoms with E-state index in [9.17, 15) is 0 Å². The molecule has 1 heterocycles. The van der Waals surface area contributed by atoms with Gasteiger partial charge in [-0.15, -0.1) is 0 Å². The number of hydrogen-bond acceptors (Lipinski definition) is 6. The van der Waals surface area contributed by atoms with E-state index < -0.39 is 0 Å². The van der Waals surface area contributed by atoms with Crippen LogP contribution in [0.2, 0.25) is 0 Å². The lowest BCUT2D eigenvalue weighted by Gasteiger charge is -2.12. The molecule has 0 aliphatic rings. The van der Waals surface area contributed by atoms with Crippen molar-refractivity contribution in [3.8, 4) is 17.2 Å². The average Bonchev–Trinajstić information content (AvgIpc) is 2.83. The van der Waals surface area contributed by atoms with Crippen LogP contribution in [0.5, 0.6) is 17.2 Å². The van der Waals surface area contributed by atoms with Crippen LogP contribution in [0.25, 0.3) is 23.1 Å². The first kappa shape index (κ1) is 20.2. The maximum absolute atomic E-state index is 5.42. The summed E-state index contributed by atoms with van der Waals surface area (Å²) in [5.41, 5.74) is 3.91. The lowest BCUT2D eigenvalue weighted by molar-refractivity contribution is 0.356. The van der Waals surface area contributed by atoms with Crippen molar-refractivity contribution in [2.45, 2.75) is 0 Å². The lowest BCUT2D eigenvalue weighted by atomic mass is 10.1. The summed E-state index contributed by atoms with van der Waals surface area (Å²) in [5, 5.41) is 4.21. The monoisotopic (exact) mass is 413 g/mol. The molecular formula is C25H23N3O3. The number of methoxy groups -OCH3 is 3. The molecule has 0 amide bonds. The minimum Gasteiger partial charge on any atom is -0.497 e. The Morgan fingerprint density at radius 1 is 0.710 bits per heavy atom. The fraction of sp³-hybridized carbons (Fsp3) is 0.120. The molecule has 4 rings (SSSR count). The van der Waals surface area contributed by atoms with Gasteiger partial charge in [-0.1, -0.05) is 36.4 Å². The third-order valence-corrected chi connectivity index (χ3v) is 4.90. The van der Waals surface area contributed by atoms with Crippen LogP contribution in [0, 0.1) is 0 Å². The highest BCUT2D eigenvalue weighted by Crippen LogP contribution is 2.34. The Hall–Kier alpha value is -4.06. The number of anilines is 2. The normalized spacial score (nSPS) is 10.9. The second-order valence-electron chi connectivity index (χ2n) is 6.80. The van der Waals surface area contributed by atoms with Gasteiger partial charge < -0.3 is 19.5 Å². The van der Waals surface area contributed by atoms with Gasteiger partial charge in [-0.2, -0.15) is 0 Å². The van der Waals surface area contributed by atoms with Crippen LogP contribution < -0.4 is 19.5 Å². The summed E-state index contributed by atoms with van der Waals surface area (Å²) in [7, 11) is 4.88. The van der Waals surface area contributed by atoms with E-state index in [0.29, 0.717) is 17.3 Å². The molecule has 0 bridgehead atoms. The summed E-state index contributed by atoms with van der Waals surface area (Å²) in [6.07, 6.45) is 5.67. The predicted octanol–water partition coefficient (Wildman–Crippen LogP) is 5.57. The predicted molar refractivity (Wildman–Crippen MR) is 124 cm³/mol. The molecule has 31 heavy (non-hydrogen) atoms. The highest BCUT2D eigenvalue weighted by Gasteiger charge is 2.11. The molecule has 0 aliphatic heterocycles. The molecule has 0 saturated heterocycles. The van der Waals surface area contributed by atoms with Crippen molar-refractivity contribution in [3.05, 3.63) is 78.1 Å². The third kappa shape index (κ3) is 4.59. The minimum absolute atomic E-state index is 0.631. The lowest BCUT2D eigenvalue weighted by Crippen LogP contribution is -1.98. The first-order chi connectivity index (χ1) is 15.2. The van der Waals surface area contributed by atoms with Gasteiger partial charge in [0, 0.05) is 17.1 Å². The first-order valence-electron chi connectivity index (χ1n) is 9.76. The van der Waals surface area contributed by atoms with Gasteiger partial charge in [-0.05, 0) is 41.5 Å². The summed E-state index contributed by atoms with van der Waals surface area (Å²) in [6.45, 7) is 0. The number of nitrogens with one attached hydrogen (secondary N) is 1. The summed E-state index contributed by atoms with van der Waals surface area (Å²) in [6, 6.07) is 19.8. The number of ether oxygens (including phenoxy) is 3. The second kappa shape index (κ2) is 9.17. The minimum atomic E-state index is 0.631. The van der Waals surface area contributed by atoms with Crippen molar-refractivity contribution < 1.29 is 14.2 Å². The maximum Gasteiger partial charge on any atom is 0.162 e. The molecule has 1 aromatic heterocycles. The van der Waals surface area contributed by atoms with E-state index in [0.717, 1.165) is 33.5 Å². The van der Waals surface area contributed by atoms with E-state index in [4.69, 9.17) is 14.2 Å². The van der Waals surface area contributed by atoms with E-state index in [-0.39, 0.29) is 0 Å². The number of hydrogen-bond donors (Lipinski definition) is 1. The van der Waals surface area contributed by atoms with E-state index in [2.05, 4.69) is 39.6 Å². The molecular weight excluding hydrogens is 390 g/mol. The number of aromatic nitrogens is 2. The SMILES string of the molecule is COc1ccc(/C=C/c2ccc(Nc3ncnc4cc(OC)c(OC)cc34)cc2)cc1. The second-order valence-corrected chi connectivity index (χ2v) is 6.80. The van der Waals surface area contributed by atoms with Gasteiger partial charge in [0.1, 0.15) is 17.9 Å². The van der Waals surface area contributed by atoms with E-state index in [1.165, 1.54) is 6.33 Å². The molecule has 0 spiro atoms. The molecule has 0 atom stereocenters. The summed E-state index contributed by atoms with van der Waals surface area (Å²) >= 11 is 0. The molecule has 6 nitrogen and oxygen atoms in total. The fourth-order valence-corrected chi connectivity index (χ4v) is 3.20. The number of benzene rings is 3. The van der Waals surface area contributed by atoms with Gasteiger partial charge in [0.2, 0.25) is 0 Å².